The Kier molecular flexibility index (Phi) is 3.03. The van der Waals surface area contributed by atoms with Crippen molar-refractivity contribution in [2.45, 2.75) is 0 Å². The summed E-state index contributed by atoms with van der Waals surface area (Å²) in [5.41, 5.74) is 3.60. The Hall–Kier alpha value is -1.80. The summed E-state index contributed by atoms with van der Waals surface area (Å²) in [6.45, 7) is 0. The lowest BCUT2D eigenvalue weighted by Crippen LogP contribution is -1.94. The largest absolute Gasteiger partial charge is 0.317 e. The predicted molar refractivity (Wildman–Crippen MR) is 78.9 cm³/mol. The maximum absolute atomic E-state index is 3.46. The minimum absolute atomic E-state index is 1.10. The number of hydrogen-bond donors (Lipinski definition) is 0. The Morgan fingerprint density at radius 3 is 2.17 bits per heavy atom. The number of benzene rings is 2. The van der Waals surface area contributed by atoms with E-state index in [0.29, 0.717) is 0 Å². The fourth-order valence-corrected chi connectivity index (χ4v) is 2.32. The lowest BCUT2D eigenvalue weighted by molar-refractivity contribution is 1.09. The molecule has 0 aliphatic rings. The second-order valence-electron chi connectivity index (χ2n) is 4.11. The van der Waals surface area contributed by atoms with Crippen molar-refractivity contribution in [1.82, 2.24) is 4.57 Å². The Morgan fingerprint density at radius 2 is 1.44 bits per heavy atom. The van der Waals surface area contributed by atoms with Crippen molar-refractivity contribution in [3.8, 4) is 16.9 Å². The molecule has 1 nitrogen and oxygen atoms in total. The first kappa shape index (κ1) is 11.3. The molecule has 2 aromatic carbocycles. The highest BCUT2D eigenvalue weighted by molar-refractivity contribution is 9.10. The van der Waals surface area contributed by atoms with Crippen LogP contribution in [0.3, 0.4) is 0 Å². The molecule has 3 aromatic rings. The van der Waals surface area contributed by atoms with Gasteiger partial charge >= 0.3 is 0 Å². The van der Waals surface area contributed by atoms with Gasteiger partial charge in [-0.15, -0.1) is 0 Å². The van der Waals surface area contributed by atoms with Crippen molar-refractivity contribution < 1.29 is 0 Å². The summed E-state index contributed by atoms with van der Waals surface area (Å²) >= 11 is 3.46. The second kappa shape index (κ2) is 4.83. The summed E-state index contributed by atoms with van der Waals surface area (Å²) in [5, 5.41) is 0. The Bertz CT molecular complexity index is 638. The van der Waals surface area contributed by atoms with Crippen LogP contribution in [-0.2, 0) is 0 Å². The fourth-order valence-electron chi connectivity index (χ4n) is 2.05. The zero-order valence-electron chi connectivity index (χ0n) is 9.75. The summed E-state index contributed by atoms with van der Waals surface area (Å²) in [5.74, 6) is 0. The molecule has 1 heterocycles. The van der Waals surface area contributed by atoms with Gasteiger partial charge in [-0.25, -0.2) is 0 Å². The minimum atomic E-state index is 1.10. The third-order valence-corrected chi connectivity index (χ3v) is 3.45. The predicted octanol–water partition coefficient (Wildman–Crippen LogP) is 4.91. The molecular weight excluding hydrogens is 286 g/mol. The van der Waals surface area contributed by atoms with Crippen LogP contribution in [0.15, 0.2) is 77.4 Å². The lowest BCUT2D eigenvalue weighted by Gasteiger charge is -2.09. The van der Waals surface area contributed by atoms with Gasteiger partial charge in [0.25, 0.3) is 0 Å². The quantitative estimate of drug-likeness (QED) is 0.633. The van der Waals surface area contributed by atoms with E-state index >= 15 is 0 Å². The van der Waals surface area contributed by atoms with Crippen molar-refractivity contribution in [2.24, 2.45) is 0 Å². The number of nitrogens with zero attached hydrogens (tertiary/aromatic N) is 1. The molecule has 88 valence electrons. The van der Waals surface area contributed by atoms with Gasteiger partial charge in [0.15, 0.2) is 0 Å². The van der Waals surface area contributed by atoms with Crippen molar-refractivity contribution >= 4 is 15.9 Å². The van der Waals surface area contributed by atoms with Crippen LogP contribution in [0.1, 0.15) is 0 Å². The van der Waals surface area contributed by atoms with E-state index in [1.54, 1.807) is 0 Å². The van der Waals surface area contributed by atoms with E-state index in [4.69, 9.17) is 0 Å². The van der Waals surface area contributed by atoms with E-state index in [0.717, 1.165) is 4.47 Å². The van der Waals surface area contributed by atoms with Gasteiger partial charge in [-0.3, -0.25) is 0 Å². The highest BCUT2D eigenvalue weighted by atomic mass is 79.9. The first-order chi connectivity index (χ1) is 8.84. The average molecular weight is 298 g/mol. The van der Waals surface area contributed by atoms with E-state index in [-0.39, 0.29) is 0 Å². The molecule has 18 heavy (non-hydrogen) atoms. The summed E-state index contributed by atoms with van der Waals surface area (Å²) in [6.07, 6.45) is 2.09. The van der Waals surface area contributed by atoms with Gasteiger partial charge in [0.1, 0.15) is 0 Å². The summed E-state index contributed by atoms with van der Waals surface area (Å²) in [6, 6.07) is 23.0. The van der Waals surface area contributed by atoms with E-state index in [1.807, 2.05) is 6.07 Å². The molecule has 0 N–H and O–H groups in total. The smallest absolute Gasteiger partial charge is 0.0528 e. The molecule has 0 radical (unpaired) electrons. The molecule has 0 amide bonds. The topological polar surface area (TPSA) is 4.93 Å². The van der Waals surface area contributed by atoms with Crippen LogP contribution in [-0.4, -0.2) is 4.57 Å². The maximum atomic E-state index is 3.46. The van der Waals surface area contributed by atoms with Crippen molar-refractivity contribution in [3.63, 3.8) is 0 Å². The number of halogens is 1. The SMILES string of the molecule is Brc1ccc(-n2cccc2-c2ccccc2)cc1. The molecule has 0 bridgehead atoms. The van der Waals surface area contributed by atoms with Crippen molar-refractivity contribution in [3.05, 3.63) is 77.4 Å². The molecule has 0 atom stereocenters. The highest BCUT2D eigenvalue weighted by Crippen LogP contribution is 2.24. The summed E-state index contributed by atoms with van der Waals surface area (Å²) in [7, 11) is 0. The van der Waals surface area contributed by atoms with Gasteiger partial charge < -0.3 is 4.57 Å². The third kappa shape index (κ3) is 2.12. The van der Waals surface area contributed by atoms with Crippen LogP contribution in [0.25, 0.3) is 16.9 Å². The van der Waals surface area contributed by atoms with Crippen LogP contribution in [0.4, 0.5) is 0 Å². The summed E-state index contributed by atoms with van der Waals surface area (Å²) < 4.78 is 3.29. The second-order valence-corrected chi connectivity index (χ2v) is 5.02. The zero-order valence-corrected chi connectivity index (χ0v) is 11.3. The third-order valence-electron chi connectivity index (χ3n) is 2.92. The minimum Gasteiger partial charge on any atom is -0.317 e. The molecule has 0 unspecified atom stereocenters. The van der Waals surface area contributed by atoms with Crippen molar-refractivity contribution in [2.75, 3.05) is 0 Å². The lowest BCUT2D eigenvalue weighted by atomic mass is 10.1. The molecule has 2 heteroatoms. The number of hydrogen-bond acceptors (Lipinski definition) is 0. The van der Waals surface area contributed by atoms with Crippen LogP contribution in [0.5, 0.6) is 0 Å². The molecule has 0 saturated heterocycles. The first-order valence-electron chi connectivity index (χ1n) is 5.83. The molecular formula is C16H12BrN. The Morgan fingerprint density at radius 1 is 0.722 bits per heavy atom. The molecule has 3 rings (SSSR count). The van der Waals surface area contributed by atoms with Gasteiger partial charge in [-0.05, 0) is 42.0 Å². The molecule has 1 aromatic heterocycles. The Labute approximate surface area is 115 Å². The van der Waals surface area contributed by atoms with E-state index in [9.17, 15) is 0 Å². The zero-order chi connectivity index (χ0) is 12.4. The summed E-state index contributed by atoms with van der Waals surface area (Å²) in [4.78, 5) is 0. The van der Waals surface area contributed by atoms with Gasteiger partial charge in [0.2, 0.25) is 0 Å². The monoisotopic (exact) mass is 297 g/mol. The number of rotatable bonds is 2. The van der Waals surface area contributed by atoms with Gasteiger partial charge in [-0.1, -0.05) is 46.3 Å². The molecule has 0 aliphatic carbocycles. The fraction of sp³-hybridized carbons (Fsp3) is 0. The first-order valence-corrected chi connectivity index (χ1v) is 6.62. The van der Waals surface area contributed by atoms with Gasteiger partial charge in [-0.2, -0.15) is 0 Å². The molecule has 0 saturated carbocycles. The normalized spacial score (nSPS) is 10.5. The highest BCUT2D eigenvalue weighted by Gasteiger charge is 2.04. The molecule has 0 aliphatic heterocycles. The Balaban J connectivity index is 2.10. The van der Waals surface area contributed by atoms with Gasteiger partial charge in [0, 0.05) is 16.4 Å². The van der Waals surface area contributed by atoms with Crippen molar-refractivity contribution in [1.29, 1.82) is 0 Å². The van der Waals surface area contributed by atoms with Crippen LogP contribution >= 0.6 is 15.9 Å². The molecule has 0 fully saturated rings. The van der Waals surface area contributed by atoms with Crippen LogP contribution in [0.2, 0.25) is 0 Å². The molecule has 0 spiro atoms. The maximum Gasteiger partial charge on any atom is 0.0528 e. The van der Waals surface area contributed by atoms with E-state index < -0.39 is 0 Å². The van der Waals surface area contributed by atoms with Crippen LogP contribution in [0, 0.1) is 0 Å². The van der Waals surface area contributed by atoms with Gasteiger partial charge in [0.05, 0.1) is 5.69 Å². The van der Waals surface area contributed by atoms with E-state index in [1.165, 1.54) is 16.9 Å². The average Bonchev–Trinajstić information content (AvgIpc) is 2.90. The van der Waals surface area contributed by atoms with Crippen LogP contribution < -0.4 is 0 Å². The van der Waals surface area contributed by atoms with E-state index in [2.05, 4.69) is 87.4 Å². The number of aromatic nitrogens is 1. The standard InChI is InChI=1S/C16H12BrN/c17-14-8-10-15(11-9-14)18-12-4-7-16(18)13-5-2-1-3-6-13/h1-12H.